The normalized spacial score (nSPS) is 14.0. The van der Waals surface area contributed by atoms with E-state index in [-0.39, 0.29) is 18.6 Å². The highest BCUT2D eigenvalue weighted by molar-refractivity contribution is 6.34. The molecule has 2 aromatic carbocycles. The van der Waals surface area contributed by atoms with Gasteiger partial charge < -0.3 is 25.1 Å². The fraction of sp³-hybridized carbons (Fsp3) is 0.273. The molecule has 1 amide bonds. The second kappa shape index (κ2) is 13.7. The number of piperidine rings is 1. The van der Waals surface area contributed by atoms with E-state index < -0.39 is 0 Å². The third-order valence-corrected chi connectivity index (χ3v) is 7.99. The summed E-state index contributed by atoms with van der Waals surface area (Å²) in [7, 11) is 1.69. The molecule has 3 N–H and O–H groups in total. The predicted octanol–water partition coefficient (Wildman–Crippen LogP) is 5.45. The number of aromatic amines is 1. The second-order valence-electron chi connectivity index (χ2n) is 10.8. The number of hydrogen-bond donors (Lipinski definition) is 3. The SMILES string of the molecule is COc1ccc(CN2CCC(Nc3c(Cl)cnc4[nH]c(-c5ccc(OCC(=O)NCc6ccncc6)cc5)nc34)CC2)cc1. The van der Waals surface area contributed by atoms with E-state index in [2.05, 4.69) is 42.6 Å². The van der Waals surface area contributed by atoms with Crippen molar-refractivity contribution in [2.24, 2.45) is 0 Å². The summed E-state index contributed by atoms with van der Waals surface area (Å²) in [6.07, 6.45) is 7.04. The van der Waals surface area contributed by atoms with Crippen molar-refractivity contribution in [2.45, 2.75) is 32.0 Å². The minimum absolute atomic E-state index is 0.0765. The highest BCUT2D eigenvalue weighted by Gasteiger charge is 2.22. The zero-order chi connectivity index (χ0) is 30.3. The first-order valence-electron chi connectivity index (χ1n) is 14.6. The molecule has 5 aromatic rings. The predicted molar refractivity (Wildman–Crippen MR) is 171 cm³/mol. The average Bonchev–Trinajstić information content (AvgIpc) is 3.51. The fourth-order valence-corrected chi connectivity index (χ4v) is 5.44. The first kappa shape index (κ1) is 29.4. The number of ether oxygens (including phenoxy) is 2. The summed E-state index contributed by atoms with van der Waals surface area (Å²) >= 11 is 6.63. The summed E-state index contributed by atoms with van der Waals surface area (Å²) in [4.78, 5) is 31.3. The summed E-state index contributed by atoms with van der Waals surface area (Å²) in [5, 5.41) is 7.04. The lowest BCUT2D eigenvalue weighted by Crippen LogP contribution is -2.38. The number of carbonyl (C=O) groups is 1. The Hall–Kier alpha value is -4.67. The molecule has 0 unspecified atom stereocenters. The maximum atomic E-state index is 12.2. The van der Waals surface area contributed by atoms with Gasteiger partial charge in [0.05, 0.1) is 24.0 Å². The molecule has 0 spiro atoms. The van der Waals surface area contributed by atoms with Crippen molar-refractivity contribution in [3.05, 3.63) is 95.4 Å². The molecular formula is C33H34ClN7O3. The van der Waals surface area contributed by atoms with Gasteiger partial charge in [-0.1, -0.05) is 23.7 Å². The number of H-pyrrole nitrogens is 1. The molecule has 6 rings (SSSR count). The molecular weight excluding hydrogens is 578 g/mol. The van der Waals surface area contributed by atoms with Crippen molar-refractivity contribution in [1.82, 2.24) is 30.2 Å². The number of carbonyl (C=O) groups excluding carboxylic acids is 1. The molecule has 1 saturated heterocycles. The number of imidazole rings is 1. The lowest BCUT2D eigenvalue weighted by Gasteiger charge is -2.33. The van der Waals surface area contributed by atoms with Crippen LogP contribution in [0.3, 0.4) is 0 Å². The lowest BCUT2D eigenvalue weighted by atomic mass is 10.0. The minimum Gasteiger partial charge on any atom is -0.497 e. The molecule has 1 fully saturated rings. The maximum Gasteiger partial charge on any atom is 0.258 e. The number of halogens is 1. The number of nitrogens with zero attached hydrogens (tertiary/aromatic N) is 4. The quantitative estimate of drug-likeness (QED) is 0.180. The number of nitrogens with one attached hydrogen (secondary N) is 3. The van der Waals surface area contributed by atoms with Crippen LogP contribution in [0.4, 0.5) is 5.69 Å². The van der Waals surface area contributed by atoms with Gasteiger partial charge in [-0.3, -0.25) is 14.7 Å². The van der Waals surface area contributed by atoms with Crippen molar-refractivity contribution in [3.8, 4) is 22.9 Å². The van der Waals surface area contributed by atoms with E-state index >= 15 is 0 Å². The van der Waals surface area contributed by atoms with Crippen LogP contribution >= 0.6 is 11.6 Å². The molecule has 3 aromatic heterocycles. The summed E-state index contributed by atoms with van der Waals surface area (Å²) in [6, 6.07) is 19.7. The average molecular weight is 612 g/mol. The molecule has 10 nitrogen and oxygen atoms in total. The van der Waals surface area contributed by atoms with E-state index in [1.165, 1.54) is 5.56 Å². The molecule has 0 atom stereocenters. The Morgan fingerprint density at radius 3 is 2.45 bits per heavy atom. The highest BCUT2D eigenvalue weighted by Crippen LogP contribution is 2.32. The number of rotatable bonds is 11. The van der Waals surface area contributed by atoms with Crippen LogP contribution in [-0.2, 0) is 17.9 Å². The van der Waals surface area contributed by atoms with Gasteiger partial charge in [-0.05, 0) is 72.5 Å². The number of fused-ring (bicyclic) bond motifs is 1. The number of amides is 1. The van der Waals surface area contributed by atoms with Crippen molar-refractivity contribution in [2.75, 3.05) is 32.1 Å². The van der Waals surface area contributed by atoms with Crippen molar-refractivity contribution >= 4 is 34.4 Å². The number of aromatic nitrogens is 4. The molecule has 1 aliphatic rings. The van der Waals surface area contributed by atoms with Crippen LogP contribution < -0.4 is 20.1 Å². The van der Waals surface area contributed by atoms with Crippen LogP contribution in [0.1, 0.15) is 24.0 Å². The molecule has 11 heteroatoms. The number of likely N-dealkylation sites (tertiary alicyclic amines) is 1. The van der Waals surface area contributed by atoms with Gasteiger partial charge in [0.15, 0.2) is 12.3 Å². The third kappa shape index (κ3) is 7.27. The summed E-state index contributed by atoms with van der Waals surface area (Å²) in [5.41, 5.74) is 5.29. The van der Waals surface area contributed by atoms with Gasteiger partial charge in [0.1, 0.15) is 22.8 Å². The Kier molecular flexibility index (Phi) is 9.19. The highest BCUT2D eigenvalue weighted by atomic mass is 35.5. The summed E-state index contributed by atoms with van der Waals surface area (Å²) in [6.45, 7) is 3.24. The molecule has 1 aliphatic heterocycles. The zero-order valence-corrected chi connectivity index (χ0v) is 25.2. The Bertz CT molecular complexity index is 1690. The van der Waals surface area contributed by atoms with Crippen LogP contribution in [-0.4, -0.2) is 63.6 Å². The van der Waals surface area contributed by atoms with E-state index in [9.17, 15) is 4.79 Å². The van der Waals surface area contributed by atoms with Crippen LogP contribution in [0.2, 0.25) is 5.02 Å². The largest absolute Gasteiger partial charge is 0.497 e. The number of methoxy groups -OCH3 is 1. The van der Waals surface area contributed by atoms with Crippen LogP contribution in [0.15, 0.2) is 79.3 Å². The van der Waals surface area contributed by atoms with Crippen molar-refractivity contribution in [1.29, 1.82) is 0 Å². The maximum absolute atomic E-state index is 12.2. The van der Waals surface area contributed by atoms with Gasteiger partial charge >= 0.3 is 0 Å². The minimum atomic E-state index is -0.200. The molecule has 226 valence electrons. The topological polar surface area (TPSA) is 117 Å². The van der Waals surface area contributed by atoms with Crippen LogP contribution in [0.25, 0.3) is 22.6 Å². The van der Waals surface area contributed by atoms with Crippen LogP contribution in [0.5, 0.6) is 11.5 Å². The Morgan fingerprint density at radius 2 is 1.73 bits per heavy atom. The van der Waals surface area contributed by atoms with Gasteiger partial charge in [-0.25, -0.2) is 9.97 Å². The lowest BCUT2D eigenvalue weighted by molar-refractivity contribution is -0.123. The smallest absolute Gasteiger partial charge is 0.258 e. The standard InChI is InChI=1S/C33H34ClN7O3/c1-43-26-6-2-23(3-7-26)20-41-16-12-25(13-17-41)38-30-28(34)19-37-33-31(30)39-32(40-33)24-4-8-27(9-5-24)44-21-29(42)36-18-22-10-14-35-15-11-22/h2-11,14-15,19,25H,12-13,16-18,20-21H2,1H3,(H,36,42)(H2,37,38,39,40). The Morgan fingerprint density at radius 1 is 1.00 bits per heavy atom. The fourth-order valence-electron chi connectivity index (χ4n) is 5.24. The molecule has 0 aliphatic carbocycles. The number of anilines is 1. The monoisotopic (exact) mass is 611 g/mol. The zero-order valence-electron chi connectivity index (χ0n) is 24.4. The van der Waals surface area contributed by atoms with Gasteiger partial charge in [-0.15, -0.1) is 0 Å². The van der Waals surface area contributed by atoms with E-state index in [4.69, 9.17) is 26.1 Å². The number of benzene rings is 2. The Balaban J connectivity index is 1.04. The molecule has 0 bridgehead atoms. The summed E-state index contributed by atoms with van der Waals surface area (Å²) < 4.78 is 10.9. The van der Waals surface area contributed by atoms with Crippen molar-refractivity contribution < 1.29 is 14.3 Å². The third-order valence-electron chi connectivity index (χ3n) is 7.71. The summed E-state index contributed by atoms with van der Waals surface area (Å²) in [5.74, 6) is 1.94. The van der Waals surface area contributed by atoms with Crippen LogP contribution in [0, 0.1) is 0 Å². The molecule has 44 heavy (non-hydrogen) atoms. The van der Waals surface area contributed by atoms with E-state index in [0.717, 1.165) is 55.0 Å². The van der Waals surface area contributed by atoms with Gasteiger partial charge in [0.2, 0.25) is 0 Å². The molecule has 0 radical (unpaired) electrons. The first-order valence-corrected chi connectivity index (χ1v) is 15.0. The molecule has 4 heterocycles. The van der Waals surface area contributed by atoms with E-state index in [0.29, 0.717) is 34.3 Å². The first-order chi connectivity index (χ1) is 21.5. The number of hydrogen-bond acceptors (Lipinski definition) is 8. The van der Waals surface area contributed by atoms with Gasteiger partial charge in [0.25, 0.3) is 5.91 Å². The van der Waals surface area contributed by atoms with Crippen molar-refractivity contribution in [3.63, 3.8) is 0 Å². The number of pyridine rings is 2. The van der Waals surface area contributed by atoms with E-state index in [1.807, 2.05) is 48.5 Å². The van der Waals surface area contributed by atoms with Gasteiger partial charge in [-0.2, -0.15) is 0 Å². The second-order valence-corrected chi connectivity index (χ2v) is 11.2. The molecule has 0 saturated carbocycles. The van der Waals surface area contributed by atoms with Gasteiger partial charge in [0, 0.05) is 50.2 Å². The Labute approximate surface area is 260 Å². The van der Waals surface area contributed by atoms with E-state index in [1.54, 1.807) is 25.7 Å².